The van der Waals surface area contributed by atoms with Gasteiger partial charge in [0, 0.05) is 22.8 Å². The molecule has 3 rings (SSSR count). The molecule has 33 heavy (non-hydrogen) atoms. The molecule has 3 aromatic rings. The predicted molar refractivity (Wildman–Crippen MR) is 112 cm³/mol. The van der Waals surface area contributed by atoms with E-state index in [2.05, 4.69) is 25.4 Å². The summed E-state index contributed by atoms with van der Waals surface area (Å²) in [4.78, 5) is 0. The van der Waals surface area contributed by atoms with E-state index in [1.54, 1.807) is 29.8 Å². The fraction of sp³-hybridized carbons (Fsp3) is 0.150. The van der Waals surface area contributed by atoms with Gasteiger partial charge >= 0.3 is 12.7 Å². The number of hydrogen-bond acceptors (Lipinski definition) is 5. The van der Waals surface area contributed by atoms with Crippen molar-refractivity contribution < 1.29 is 35.8 Å². The first-order valence-electron chi connectivity index (χ1n) is 8.72. The summed E-state index contributed by atoms with van der Waals surface area (Å²) in [7, 11) is 1.65. The first-order valence-corrected chi connectivity index (χ1v) is 9.51. The Morgan fingerprint density at radius 1 is 0.848 bits per heavy atom. The van der Waals surface area contributed by atoms with Crippen molar-refractivity contribution in [3.8, 4) is 28.8 Å². The first kappa shape index (κ1) is 25.7. The lowest BCUT2D eigenvalue weighted by Crippen LogP contribution is -2.18. The lowest BCUT2D eigenvalue weighted by Gasteiger charge is -2.13. The summed E-state index contributed by atoms with van der Waals surface area (Å²) in [5.74, 6) is -0.864. The molecule has 0 fully saturated rings. The molecule has 4 N–H and O–H groups in total. The highest BCUT2D eigenvalue weighted by Crippen LogP contribution is 2.33. The van der Waals surface area contributed by atoms with Gasteiger partial charge in [-0.1, -0.05) is 22.0 Å². The van der Waals surface area contributed by atoms with Crippen LogP contribution < -0.4 is 20.9 Å². The van der Waals surface area contributed by atoms with Gasteiger partial charge in [0.15, 0.2) is 11.5 Å². The Morgan fingerprint density at radius 2 is 1.36 bits per heavy atom. The molecule has 0 bridgehead atoms. The number of benzene rings is 2. The average molecular weight is 537 g/mol. The second kappa shape index (κ2) is 9.95. The predicted octanol–water partition coefficient (Wildman–Crippen LogP) is 5.97. The maximum Gasteiger partial charge on any atom is 0.573 e. The number of nitriles is 1. The van der Waals surface area contributed by atoms with Crippen LogP contribution in [0.3, 0.4) is 0 Å². The number of nitrogens with zero attached hydrogens (tertiary/aromatic N) is 2. The largest absolute Gasteiger partial charge is 0.573 e. The monoisotopic (exact) mass is 536 g/mol. The Morgan fingerprint density at radius 3 is 1.85 bits per heavy atom. The van der Waals surface area contributed by atoms with E-state index in [-0.39, 0.29) is 11.4 Å². The zero-order chi connectivity index (χ0) is 25.0. The molecule has 0 saturated carbocycles. The van der Waals surface area contributed by atoms with Crippen molar-refractivity contribution >= 4 is 27.3 Å². The fourth-order valence-corrected chi connectivity index (χ4v) is 2.88. The summed E-state index contributed by atoms with van der Waals surface area (Å²) in [6.07, 6.45) is -9.52. The Hall–Kier alpha value is -3.53. The van der Waals surface area contributed by atoms with Crippen molar-refractivity contribution in [3.63, 3.8) is 0 Å². The summed E-state index contributed by atoms with van der Waals surface area (Å²) < 4.78 is 81.7. The summed E-state index contributed by atoms with van der Waals surface area (Å²) in [5.41, 5.74) is 12.0. The van der Waals surface area contributed by atoms with Gasteiger partial charge in [-0.3, -0.25) is 0 Å². The summed E-state index contributed by atoms with van der Waals surface area (Å²) in [6.45, 7) is 0. The van der Waals surface area contributed by atoms with E-state index in [1.165, 1.54) is 24.3 Å². The van der Waals surface area contributed by atoms with Crippen LogP contribution in [0, 0.1) is 11.3 Å². The highest BCUT2D eigenvalue weighted by Gasteiger charge is 2.32. The number of nitrogens with two attached hydrogens (primary N) is 2. The van der Waals surface area contributed by atoms with Crippen molar-refractivity contribution in [3.05, 3.63) is 58.7 Å². The second-order valence-corrected chi connectivity index (χ2v) is 7.22. The van der Waals surface area contributed by atoms with E-state index in [4.69, 9.17) is 16.7 Å². The summed E-state index contributed by atoms with van der Waals surface area (Å²) >= 11 is 3.00. The molecule has 1 heterocycles. The Kier molecular flexibility index (Phi) is 7.76. The Labute approximate surface area is 192 Å². The smallest absolute Gasteiger partial charge is 0.404 e. The highest BCUT2D eigenvalue weighted by atomic mass is 79.9. The van der Waals surface area contributed by atoms with Crippen LogP contribution in [-0.4, -0.2) is 17.3 Å². The van der Waals surface area contributed by atoms with E-state index in [0.29, 0.717) is 21.4 Å². The van der Waals surface area contributed by atoms with E-state index >= 15 is 0 Å². The van der Waals surface area contributed by atoms with Crippen molar-refractivity contribution in [2.75, 3.05) is 11.5 Å². The van der Waals surface area contributed by atoms with Gasteiger partial charge in [-0.05, 0) is 42.5 Å². The van der Waals surface area contributed by atoms with Crippen LogP contribution in [0.1, 0.15) is 5.69 Å². The van der Waals surface area contributed by atoms with Crippen molar-refractivity contribution in [1.82, 2.24) is 4.57 Å². The summed E-state index contributed by atoms with van der Waals surface area (Å²) in [6, 6.07) is 13.3. The third kappa shape index (κ3) is 7.53. The van der Waals surface area contributed by atoms with Gasteiger partial charge in [-0.15, -0.1) is 26.3 Å². The first-order chi connectivity index (χ1) is 15.2. The second-order valence-electron chi connectivity index (χ2n) is 6.30. The maximum atomic E-state index is 12.3. The molecule has 13 heteroatoms. The zero-order valence-corrected chi connectivity index (χ0v) is 18.2. The SMILES string of the molecule is Cn1c(C#N)ccc1-c1ccc(N)c(OC(F)(F)F)c1.Nc1ccc(Br)cc1OC(F)(F)F. The topological polar surface area (TPSA) is 99.2 Å². The molecular weight excluding hydrogens is 522 g/mol. The lowest BCUT2D eigenvalue weighted by molar-refractivity contribution is -0.275. The minimum atomic E-state index is -4.81. The van der Waals surface area contributed by atoms with Crippen LogP contribution in [0.15, 0.2) is 53.0 Å². The van der Waals surface area contributed by atoms with Gasteiger partial charge < -0.3 is 25.5 Å². The minimum Gasteiger partial charge on any atom is -0.404 e. The molecule has 0 aliphatic rings. The molecule has 0 aliphatic heterocycles. The average Bonchev–Trinajstić information content (AvgIpc) is 3.05. The molecular formula is C20H15BrF6N4O2. The number of hydrogen-bond donors (Lipinski definition) is 2. The van der Waals surface area contributed by atoms with Crippen LogP contribution in [0.4, 0.5) is 37.7 Å². The number of rotatable bonds is 3. The minimum absolute atomic E-state index is 0.0551. The van der Waals surface area contributed by atoms with E-state index < -0.39 is 24.2 Å². The number of nitrogen functional groups attached to an aromatic ring is 2. The molecule has 0 amide bonds. The number of anilines is 2. The summed E-state index contributed by atoms with van der Waals surface area (Å²) in [5, 5.41) is 8.87. The molecule has 0 atom stereocenters. The Bertz CT molecular complexity index is 1170. The molecule has 176 valence electrons. The third-order valence-electron chi connectivity index (χ3n) is 3.97. The normalized spacial score (nSPS) is 11.2. The van der Waals surface area contributed by atoms with Gasteiger partial charge in [0.1, 0.15) is 11.8 Å². The number of halogens is 7. The molecule has 1 aromatic heterocycles. The lowest BCUT2D eigenvalue weighted by atomic mass is 10.1. The maximum absolute atomic E-state index is 12.3. The van der Waals surface area contributed by atoms with Crippen molar-refractivity contribution in [2.45, 2.75) is 12.7 Å². The standard InChI is InChI=1S/C13H10F3N3O.C7H5BrF3NO/c1-19-9(7-17)3-5-11(19)8-2-4-10(18)12(6-8)20-13(14,15)16;8-4-1-2-5(12)6(3-4)13-7(9,10)11/h2-6H,18H2,1H3;1-3H,12H2. The molecule has 0 unspecified atom stereocenters. The fourth-order valence-electron chi connectivity index (χ4n) is 2.54. The van der Waals surface area contributed by atoms with E-state index in [0.717, 1.165) is 6.07 Å². The van der Waals surface area contributed by atoms with Gasteiger partial charge in [-0.2, -0.15) is 5.26 Å². The van der Waals surface area contributed by atoms with E-state index in [1.807, 2.05) is 6.07 Å². The van der Waals surface area contributed by atoms with Crippen LogP contribution in [0.5, 0.6) is 11.5 Å². The van der Waals surface area contributed by atoms with E-state index in [9.17, 15) is 26.3 Å². The van der Waals surface area contributed by atoms with Crippen molar-refractivity contribution in [1.29, 1.82) is 5.26 Å². The van der Waals surface area contributed by atoms with Gasteiger partial charge in [0.2, 0.25) is 0 Å². The molecule has 6 nitrogen and oxygen atoms in total. The zero-order valence-electron chi connectivity index (χ0n) is 16.6. The van der Waals surface area contributed by atoms with Crippen molar-refractivity contribution in [2.24, 2.45) is 7.05 Å². The number of alkyl halides is 6. The van der Waals surface area contributed by atoms with Crippen LogP contribution in [0.2, 0.25) is 0 Å². The number of aromatic nitrogens is 1. The molecule has 0 radical (unpaired) electrons. The Balaban J connectivity index is 0.000000257. The molecule has 0 aliphatic carbocycles. The third-order valence-corrected chi connectivity index (χ3v) is 4.47. The molecule has 0 spiro atoms. The van der Waals surface area contributed by atoms with Gasteiger partial charge in [0.05, 0.1) is 11.4 Å². The van der Waals surface area contributed by atoms with Crippen LogP contribution in [-0.2, 0) is 7.05 Å². The van der Waals surface area contributed by atoms with Crippen LogP contribution in [0.25, 0.3) is 11.3 Å². The number of ether oxygens (including phenoxy) is 2. The quantitative estimate of drug-likeness (QED) is 0.317. The van der Waals surface area contributed by atoms with Gasteiger partial charge in [0.25, 0.3) is 0 Å². The molecule has 2 aromatic carbocycles. The van der Waals surface area contributed by atoms with Gasteiger partial charge in [-0.25, -0.2) is 0 Å². The highest BCUT2D eigenvalue weighted by molar-refractivity contribution is 9.10. The van der Waals surface area contributed by atoms with Crippen LogP contribution >= 0.6 is 15.9 Å². The molecule has 0 saturated heterocycles.